The number of aliphatic imine (C=N–C) groups is 1. The van der Waals surface area contributed by atoms with Crippen LogP contribution in [0.3, 0.4) is 0 Å². The molecule has 0 fully saturated rings. The van der Waals surface area contributed by atoms with E-state index in [0.29, 0.717) is 6.54 Å². The summed E-state index contributed by atoms with van der Waals surface area (Å²) in [6.45, 7) is 11.4. The van der Waals surface area contributed by atoms with E-state index in [-0.39, 0.29) is 5.91 Å². The standard InChI is InChI=1S/C11H17N3O/c1-3-7-14(8-5-12-10-14)9-6-13-11(15)4-2/h3-4,10H,1-2,5-9H2/p+1. The van der Waals surface area contributed by atoms with Crippen LogP contribution in [-0.4, -0.2) is 49.5 Å². The summed E-state index contributed by atoms with van der Waals surface area (Å²) in [7, 11) is 0. The molecule has 1 unspecified atom stereocenters. The Morgan fingerprint density at radius 1 is 1.60 bits per heavy atom. The quantitative estimate of drug-likeness (QED) is 0.381. The Morgan fingerprint density at radius 3 is 2.93 bits per heavy atom. The monoisotopic (exact) mass is 208 g/mol. The van der Waals surface area contributed by atoms with E-state index in [4.69, 9.17) is 0 Å². The number of carbonyl (C=O) groups is 1. The zero-order valence-electron chi connectivity index (χ0n) is 8.98. The molecule has 0 aromatic carbocycles. The highest BCUT2D eigenvalue weighted by atomic mass is 16.1. The van der Waals surface area contributed by atoms with Crippen molar-refractivity contribution >= 4 is 12.2 Å². The van der Waals surface area contributed by atoms with E-state index in [1.165, 1.54) is 6.08 Å². The molecule has 1 amide bonds. The van der Waals surface area contributed by atoms with E-state index in [2.05, 4.69) is 23.5 Å². The molecule has 1 N–H and O–H groups in total. The van der Waals surface area contributed by atoms with Gasteiger partial charge in [0.1, 0.15) is 19.6 Å². The first kappa shape index (κ1) is 11.7. The maximum atomic E-state index is 11.0. The third-order valence-corrected chi connectivity index (χ3v) is 2.54. The summed E-state index contributed by atoms with van der Waals surface area (Å²) in [5.74, 6) is -0.122. The number of quaternary nitrogens is 1. The molecule has 1 aliphatic heterocycles. The van der Waals surface area contributed by atoms with Gasteiger partial charge in [-0.05, 0) is 12.2 Å². The predicted octanol–water partition coefficient (Wildman–Crippen LogP) is 0.333. The fraction of sp³-hybridized carbons (Fsp3) is 0.455. The zero-order chi connectivity index (χ0) is 11.1. The topological polar surface area (TPSA) is 41.5 Å². The molecule has 0 aromatic rings. The van der Waals surface area contributed by atoms with Crippen molar-refractivity contribution in [2.45, 2.75) is 0 Å². The lowest BCUT2D eigenvalue weighted by Gasteiger charge is -2.28. The van der Waals surface area contributed by atoms with Crippen LogP contribution in [-0.2, 0) is 4.79 Å². The highest BCUT2D eigenvalue weighted by Gasteiger charge is 2.27. The number of carbonyl (C=O) groups excluding carboxylic acids is 1. The zero-order valence-corrected chi connectivity index (χ0v) is 8.98. The van der Waals surface area contributed by atoms with E-state index in [1.807, 2.05) is 12.4 Å². The van der Waals surface area contributed by atoms with Crippen molar-refractivity contribution in [2.24, 2.45) is 4.99 Å². The van der Waals surface area contributed by atoms with Crippen molar-refractivity contribution in [1.82, 2.24) is 5.32 Å². The van der Waals surface area contributed by atoms with Gasteiger partial charge in [0.05, 0.1) is 13.1 Å². The maximum Gasteiger partial charge on any atom is 0.243 e. The lowest BCUT2D eigenvalue weighted by Crippen LogP contribution is -2.49. The first-order valence-electron chi connectivity index (χ1n) is 5.10. The first-order chi connectivity index (χ1) is 7.22. The highest BCUT2D eigenvalue weighted by Crippen LogP contribution is 2.08. The van der Waals surface area contributed by atoms with Crippen LogP contribution in [0, 0.1) is 0 Å². The Bertz CT molecular complexity index is 286. The summed E-state index contributed by atoms with van der Waals surface area (Å²) in [5.41, 5.74) is 0. The molecule has 0 aliphatic carbocycles. The van der Waals surface area contributed by atoms with Crippen molar-refractivity contribution < 1.29 is 9.28 Å². The summed E-state index contributed by atoms with van der Waals surface area (Å²) in [4.78, 5) is 15.2. The van der Waals surface area contributed by atoms with Crippen LogP contribution in [0.15, 0.2) is 30.3 Å². The van der Waals surface area contributed by atoms with Crippen molar-refractivity contribution in [1.29, 1.82) is 0 Å². The summed E-state index contributed by atoms with van der Waals surface area (Å²) in [6.07, 6.45) is 5.14. The molecule has 0 saturated heterocycles. The van der Waals surface area contributed by atoms with Gasteiger partial charge in [-0.15, -0.1) is 0 Å². The minimum atomic E-state index is -0.122. The molecule has 0 radical (unpaired) electrons. The Hall–Kier alpha value is -1.42. The van der Waals surface area contributed by atoms with Gasteiger partial charge in [0.25, 0.3) is 0 Å². The number of rotatable bonds is 6. The van der Waals surface area contributed by atoms with Crippen LogP contribution >= 0.6 is 0 Å². The predicted molar refractivity (Wildman–Crippen MR) is 61.6 cm³/mol. The SMILES string of the molecule is C=CC[N+]1(CCNC(=O)C=C)C=NCC1. The molecule has 1 rings (SSSR count). The minimum absolute atomic E-state index is 0.122. The lowest BCUT2D eigenvalue weighted by atomic mass is 10.3. The Labute approximate surface area is 90.6 Å². The van der Waals surface area contributed by atoms with Gasteiger partial charge in [0, 0.05) is 0 Å². The Kier molecular flexibility index (Phi) is 4.24. The van der Waals surface area contributed by atoms with Crippen LogP contribution in [0.25, 0.3) is 0 Å². The van der Waals surface area contributed by atoms with Crippen LogP contribution in [0.1, 0.15) is 0 Å². The smallest absolute Gasteiger partial charge is 0.243 e. The second-order valence-corrected chi connectivity index (χ2v) is 3.65. The normalized spacial score (nSPS) is 23.7. The lowest BCUT2D eigenvalue weighted by molar-refractivity contribution is -0.820. The molecule has 1 aliphatic rings. The van der Waals surface area contributed by atoms with E-state index in [1.54, 1.807) is 0 Å². The summed E-state index contributed by atoms with van der Waals surface area (Å²) < 4.78 is 0.793. The maximum absolute atomic E-state index is 11.0. The Balaban J connectivity index is 2.39. The van der Waals surface area contributed by atoms with E-state index < -0.39 is 0 Å². The third-order valence-electron chi connectivity index (χ3n) is 2.54. The summed E-state index contributed by atoms with van der Waals surface area (Å²) in [5, 5.41) is 2.77. The van der Waals surface area contributed by atoms with Gasteiger partial charge in [-0.2, -0.15) is 0 Å². The number of hydrogen-bond donors (Lipinski definition) is 1. The van der Waals surface area contributed by atoms with Crippen molar-refractivity contribution in [3.8, 4) is 0 Å². The number of nitrogens with zero attached hydrogens (tertiary/aromatic N) is 2. The van der Waals surface area contributed by atoms with Gasteiger partial charge in [-0.3, -0.25) is 9.28 Å². The van der Waals surface area contributed by atoms with Crippen molar-refractivity contribution in [2.75, 3.05) is 32.7 Å². The molecular weight excluding hydrogens is 190 g/mol. The molecule has 4 heteroatoms. The molecule has 1 heterocycles. The second kappa shape index (κ2) is 5.46. The molecule has 15 heavy (non-hydrogen) atoms. The summed E-state index contributed by atoms with van der Waals surface area (Å²) >= 11 is 0. The van der Waals surface area contributed by atoms with Crippen LogP contribution in [0.5, 0.6) is 0 Å². The average molecular weight is 208 g/mol. The molecule has 0 saturated carbocycles. The van der Waals surface area contributed by atoms with Gasteiger partial charge in [0.15, 0.2) is 6.34 Å². The fourth-order valence-electron chi connectivity index (χ4n) is 1.68. The fourth-order valence-corrected chi connectivity index (χ4v) is 1.68. The first-order valence-corrected chi connectivity index (χ1v) is 5.10. The summed E-state index contributed by atoms with van der Waals surface area (Å²) in [6, 6.07) is 0. The minimum Gasteiger partial charge on any atom is -0.347 e. The van der Waals surface area contributed by atoms with Crippen molar-refractivity contribution in [3.05, 3.63) is 25.3 Å². The number of amides is 1. The van der Waals surface area contributed by atoms with Gasteiger partial charge >= 0.3 is 0 Å². The molecule has 0 spiro atoms. The van der Waals surface area contributed by atoms with E-state index in [0.717, 1.165) is 30.7 Å². The second-order valence-electron chi connectivity index (χ2n) is 3.65. The third kappa shape index (κ3) is 3.32. The molecule has 0 aromatic heterocycles. The van der Waals surface area contributed by atoms with E-state index in [9.17, 15) is 4.79 Å². The van der Waals surface area contributed by atoms with Gasteiger partial charge in [-0.1, -0.05) is 13.2 Å². The molecule has 0 bridgehead atoms. The number of hydrogen-bond acceptors (Lipinski definition) is 2. The van der Waals surface area contributed by atoms with Crippen LogP contribution in [0.4, 0.5) is 0 Å². The van der Waals surface area contributed by atoms with Crippen LogP contribution < -0.4 is 5.32 Å². The van der Waals surface area contributed by atoms with E-state index >= 15 is 0 Å². The van der Waals surface area contributed by atoms with Gasteiger partial charge in [-0.25, -0.2) is 4.99 Å². The van der Waals surface area contributed by atoms with Crippen LogP contribution in [0.2, 0.25) is 0 Å². The molecule has 4 nitrogen and oxygen atoms in total. The van der Waals surface area contributed by atoms with Gasteiger partial charge < -0.3 is 5.32 Å². The average Bonchev–Trinajstić information content (AvgIpc) is 2.67. The molecular formula is C11H18N3O+. The number of nitrogens with one attached hydrogen (secondary N) is 1. The van der Waals surface area contributed by atoms with Gasteiger partial charge in [0.2, 0.25) is 5.91 Å². The molecule has 82 valence electrons. The van der Waals surface area contributed by atoms with Crippen molar-refractivity contribution in [3.63, 3.8) is 0 Å². The highest BCUT2D eigenvalue weighted by molar-refractivity contribution is 5.86. The largest absolute Gasteiger partial charge is 0.347 e. The molecule has 1 atom stereocenters. The Morgan fingerprint density at radius 2 is 2.40 bits per heavy atom.